The number of rotatable bonds is 1. The molecule has 0 amide bonds. The van der Waals surface area contributed by atoms with Gasteiger partial charge in [0.25, 0.3) is 0 Å². The fourth-order valence-corrected chi connectivity index (χ4v) is 2.15. The molecular weight excluding hydrogens is 423 g/mol. The molecular formula is C12H10BrIN4O. The molecule has 0 bridgehead atoms. The first kappa shape index (κ1) is 14.1. The molecule has 3 aromatic rings. The number of halogens is 2. The van der Waals surface area contributed by atoms with Crippen molar-refractivity contribution in [3.63, 3.8) is 0 Å². The number of imidazole rings is 1. The summed E-state index contributed by atoms with van der Waals surface area (Å²) < 4.78 is 2.65. The lowest BCUT2D eigenvalue weighted by atomic mass is 10.1. The Morgan fingerprint density at radius 3 is 2.63 bits per heavy atom. The summed E-state index contributed by atoms with van der Waals surface area (Å²) in [5.41, 5.74) is 7.09. The zero-order valence-corrected chi connectivity index (χ0v) is 13.5. The zero-order chi connectivity index (χ0) is 12.7. The number of para-hydroxylation sites is 1. The second-order valence-electron chi connectivity index (χ2n) is 3.82. The highest BCUT2D eigenvalue weighted by Crippen LogP contribution is 2.28. The van der Waals surface area contributed by atoms with Gasteiger partial charge in [0.1, 0.15) is 11.6 Å². The maximum absolute atomic E-state index is 9.80. The van der Waals surface area contributed by atoms with Gasteiger partial charge in [-0.05, 0) is 34.7 Å². The van der Waals surface area contributed by atoms with E-state index in [2.05, 4.69) is 32.6 Å². The first-order valence-corrected chi connectivity index (χ1v) is 6.32. The van der Waals surface area contributed by atoms with Crippen molar-refractivity contribution in [2.24, 2.45) is 0 Å². The standard InChI is InChI=1S/C12H9IN4O.BrH/c13-8-5-17-6-9(15-12(17)16-11(8)14)7-3-1-2-4-10(7)18;/h1-6,18H,(H2,14,15,16);1H. The van der Waals surface area contributed by atoms with E-state index < -0.39 is 0 Å². The van der Waals surface area contributed by atoms with Gasteiger partial charge in [-0.2, -0.15) is 4.98 Å². The molecule has 7 heteroatoms. The average molecular weight is 433 g/mol. The minimum absolute atomic E-state index is 0. The molecule has 0 fully saturated rings. The second-order valence-corrected chi connectivity index (χ2v) is 4.99. The molecule has 0 radical (unpaired) electrons. The van der Waals surface area contributed by atoms with Crippen LogP contribution in [-0.2, 0) is 0 Å². The molecule has 3 rings (SSSR count). The Hall–Kier alpha value is -1.35. The fourth-order valence-electron chi connectivity index (χ4n) is 1.73. The summed E-state index contributed by atoms with van der Waals surface area (Å²) >= 11 is 2.12. The number of nitrogen functional groups attached to an aromatic ring is 1. The summed E-state index contributed by atoms with van der Waals surface area (Å²) in [6, 6.07) is 7.06. The van der Waals surface area contributed by atoms with Crippen molar-refractivity contribution in [3.05, 3.63) is 40.2 Å². The Labute approximate surface area is 133 Å². The lowest BCUT2D eigenvalue weighted by Gasteiger charge is -1.98. The first-order valence-electron chi connectivity index (χ1n) is 5.24. The van der Waals surface area contributed by atoms with E-state index in [4.69, 9.17) is 5.73 Å². The predicted molar refractivity (Wildman–Crippen MR) is 87.5 cm³/mol. The van der Waals surface area contributed by atoms with E-state index in [1.54, 1.807) is 16.5 Å². The van der Waals surface area contributed by atoms with Gasteiger partial charge >= 0.3 is 0 Å². The molecule has 3 N–H and O–H groups in total. The van der Waals surface area contributed by atoms with Crippen LogP contribution in [-0.4, -0.2) is 19.5 Å². The third-order valence-corrected chi connectivity index (χ3v) is 3.44. The molecule has 0 aliphatic heterocycles. The van der Waals surface area contributed by atoms with E-state index >= 15 is 0 Å². The molecule has 2 heterocycles. The van der Waals surface area contributed by atoms with Gasteiger partial charge in [0, 0.05) is 18.0 Å². The van der Waals surface area contributed by atoms with Crippen molar-refractivity contribution in [1.82, 2.24) is 14.4 Å². The summed E-state index contributed by atoms with van der Waals surface area (Å²) in [6.45, 7) is 0. The van der Waals surface area contributed by atoms with E-state index in [1.807, 2.05) is 24.5 Å². The average Bonchev–Trinajstić information content (AvgIpc) is 2.73. The van der Waals surface area contributed by atoms with Gasteiger partial charge in [0.2, 0.25) is 5.78 Å². The Morgan fingerprint density at radius 2 is 1.89 bits per heavy atom. The number of benzene rings is 1. The molecule has 1 aromatic carbocycles. The monoisotopic (exact) mass is 432 g/mol. The molecule has 0 atom stereocenters. The summed E-state index contributed by atoms with van der Waals surface area (Å²) in [7, 11) is 0. The highest BCUT2D eigenvalue weighted by Gasteiger charge is 2.10. The van der Waals surface area contributed by atoms with Crippen LogP contribution in [0.2, 0.25) is 0 Å². The van der Waals surface area contributed by atoms with Gasteiger partial charge in [-0.25, -0.2) is 4.98 Å². The van der Waals surface area contributed by atoms with Crippen molar-refractivity contribution < 1.29 is 5.11 Å². The molecule has 2 aromatic heterocycles. The number of nitrogens with zero attached hydrogens (tertiary/aromatic N) is 3. The molecule has 0 aliphatic carbocycles. The van der Waals surface area contributed by atoms with Crippen LogP contribution in [0.3, 0.4) is 0 Å². The van der Waals surface area contributed by atoms with Crippen LogP contribution < -0.4 is 5.73 Å². The maximum atomic E-state index is 9.80. The zero-order valence-electron chi connectivity index (χ0n) is 9.62. The number of aromatic nitrogens is 3. The Bertz CT molecular complexity index is 705. The van der Waals surface area contributed by atoms with Crippen LogP contribution in [0.4, 0.5) is 5.82 Å². The first-order chi connectivity index (χ1) is 8.65. The van der Waals surface area contributed by atoms with Gasteiger partial charge in [0.05, 0.1) is 9.26 Å². The van der Waals surface area contributed by atoms with Gasteiger partial charge < -0.3 is 10.8 Å². The fraction of sp³-hybridized carbons (Fsp3) is 0. The van der Waals surface area contributed by atoms with Gasteiger partial charge in [-0.15, -0.1) is 17.0 Å². The second kappa shape index (κ2) is 5.33. The van der Waals surface area contributed by atoms with Crippen molar-refractivity contribution in [3.8, 4) is 17.0 Å². The Kier molecular flexibility index (Phi) is 3.95. The number of hydrogen-bond acceptors (Lipinski definition) is 4. The lowest BCUT2D eigenvalue weighted by Crippen LogP contribution is -1.97. The summed E-state index contributed by atoms with van der Waals surface area (Å²) in [5.74, 6) is 1.17. The number of phenols is 1. The summed E-state index contributed by atoms with van der Waals surface area (Å²) in [6.07, 6.45) is 3.67. The topological polar surface area (TPSA) is 76.4 Å². The highest BCUT2D eigenvalue weighted by atomic mass is 127. The molecule has 5 nitrogen and oxygen atoms in total. The largest absolute Gasteiger partial charge is 0.507 e. The van der Waals surface area contributed by atoms with E-state index in [0.717, 1.165) is 3.57 Å². The van der Waals surface area contributed by atoms with Gasteiger partial charge in [-0.3, -0.25) is 4.40 Å². The van der Waals surface area contributed by atoms with Crippen molar-refractivity contribution in [1.29, 1.82) is 0 Å². The quantitative estimate of drug-likeness (QED) is 0.579. The maximum Gasteiger partial charge on any atom is 0.236 e. The smallest absolute Gasteiger partial charge is 0.236 e. The minimum atomic E-state index is 0. The third kappa shape index (κ3) is 2.52. The Balaban J connectivity index is 0.00000133. The molecule has 0 unspecified atom stereocenters. The normalized spacial score (nSPS) is 10.4. The number of phenolic OH excluding ortho intramolecular Hbond substituents is 1. The van der Waals surface area contributed by atoms with E-state index in [9.17, 15) is 5.11 Å². The Morgan fingerprint density at radius 1 is 1.16 bits per heavy atom. The molecule has 0 aliphatic rings. The molecule has 0 saturated heterocycles. The van der Waals surface area contributed by atoms with Crippen LogP contribution in [0, 0.1) is 3.57 Å². The number of nitrogens with two attached hydrogens (primary N) is 1. The van der Waals surface area contributed by atoms with Crippen molar-refractivity contribution in [2.45, 2.75) is 0 Å². The molecule has 98 valence electrons. The highest BCUT2D eigenvalue weighted by molar-refractivity contribution is 14.1. The predicted octanol–water partition coefficient (Wildman–Crippen LogP) is 2.87. The van der Waals surface area contributed by atoms with Gasteiger partial charge in [-0.1, -0.05) is 12.1 Å². The number of hydrogen-bond donors (Lipinski definition) is 2. The van der Waals surface area contributed by atoms with Crippen LogP contribution in [0.1, 0.15) is 0 Å². The van der Waals surface area contributed by atoms with E-state index in [1.165, 1.54) is 0 Å². The van der Waals surface area contributed by atoms with Crippen LogP contribution >= 0.6 is 39.6 Å². The van der Waals surface area contributed by atoms with Gasteiger partial charge in [0.15, 0.2) is 0 Å². The molecule has 0 spiro atoms. The third-order valence-electron chi connectivity index (χ3n) is 2.61. The summed E-state index contributed by atoms with van der Waals surface area (Å²) in [4.78, 5) is 8.55. The van der Waals surface area contributed by atoms with Crippen LogP contribution in [0.15, 0.2) is 36.7 Å². The lowest BCUT2D eigenvalue weighted by molar-refractivity contribution is 0.477. The molecule has 0 saturated carbocycles. The number of fused-ring (bicyclic) bond motifs is 1. The number of anilines is 1. The number of aromatic hydroxyl groups is 1. The van der Waals surface area contributed by atoms with Crippen molar-refractivity contribution >= 4 is 51.2 Å². The van der Waals surface area contributed by atoms with E-state index in [-0.39, 0.29) is 22.7 Å². The van der Waals surface area contributed by atoms with Crippen LogP contribution in [0.5, 0.6) is 5.75 Å². The molecule has 19 heavy (non-hydrogen) atoms. The minimum Gasteiger partial charge on any atom is -0.507 e. The summed E-state index contributed by atoms with van der Waals surface area (Å²) in [5, 5.41) is 9.80. The van der Waals surface area contributed by atoms with Crippen LogP contribution in [0.25, 0.3) is 17.0 Å². The van der Waals surface area contributed by atoms with Crippen molar-refractivity contribution in [2.75, 3.05) is 5.73 Å². The van der Waals surface area contributed by atoms with E-state index in [0.29, 0.717) is 22.9 Å². The SMILES string of the molecule is Br.Nc1nc2nc(-c3ccccc3O)cn2cc1I.